The number of imidazole rings is 1. The first-order valence-electron chi connectivity index (χ1n) is 7.36. The number of aromatic carboxylic acids is 1. The van der Waals surface area contributed by atoms with E-state index in [1.165, 1.54) is 12.8 Å². The number of carboxylic acid groups (broad SMARTS) is 1. The molecule has 1 unspecified atom stereocenters. The van der Waals surface area contributed by atoms with Gasteiger partial charge in [0, 0.05) is 12.0 Å². The third-order valence-corrected chi connectivity index (χ3v) is 4.73. The number of aromatic nitrogens is 2. The lowest BCUT2D eigenvalue weighted by Crippen LogP contribution is -2.09. The maximum atomic E-state index is 11.1. The predicted octanol–water partition coefficient (Wildman–Crippen LogP) is 3.93. The zero-order valence-electron chi connectivity index (χ0n) is 12.4. The van der Waals surface area contributed by atoms with Gasteiger partial charge in [0.15, 0.2) is 0 Å². The summed E-state index contributed by atoms with van der Waals surface area (Å²) in [5.74, 6) is 1.93. The Morgan fingerprint density at radius 1 is 1.52 bits per heavy atom. The first kappa shape index (κ1) is 14.4. The second-order valence-corrected chi connectivity index (χ2v) is 6.74. The molecule has 5 heteroatoms. The molecule has 0 amide bonds. The smallest absolute Gasteiger partial charge is 0.335 e. The highest BCUT2D eigenvalue weighted by molar-refractivity contribution is 7.98. The van der Waals surface area contributed by atoms with Crippen LogP contribution >= 0.6 is 11.8 Å². The molecular formula is C16H20N2O2S. The van der Waals surface area contributed by atoms with Crippen LogP contribution in [0.15, 0.2) is 18.2 Å². The van der Waals surface area contributed by atoms with Crippen molar-refractivity contribution in [2.75, 3.05) is 12.0 Å². The fraction of sp³-hybridized carbons (Fsp3) is 0.500. The number of carboxylic acids is 1. The van der Waals surface area contributed by atoms with E-state index in [1.54, 1.807) is 12.1 Å². The monoisotopic (exact) mass is 304 g/mol. The zero-order chi connectivity index (χ0) is 15.0. The van der Waals surface area contributed by atoms with Crippen LogP contribution in [-0.2, 0) is 0 Å². The molecule has 1 aromatic carbocycles. The van der Waals surface area contributed by atoms with E-state index in [-0.39, 0.29) is 0 Å². The topological polar surface area (TPSA) is 55.1 Å². The molecule has 3 rings (SSSR count). The minimum absolute atomic E-state index is 0.311. The van der Waals surface area contributed by atoms with E-state index in [9.17, 15) is 4.79 Å². The number of carbonyl (C=O) groups is 1. The number of hydrogen-bond donors (Lipinski definition) is 1. The lowest BCUT2D eigenvalue weighted by Gasteiger charge is -2.17. The molecule has 0 radical (unpaired) electrons. The van der Waals surface area contributed by atoms with Gasteiger partial charge in [-0.2, -0.15) is 11.8 Å². The van der Waals surface area contributed by atoms with E-state index < -0.39 is 5.97 Å². The normalized spacial score (nSPS) is 16.3. The number of fused-ring (bicyclic) bond motifs is 1. The molecule has 1 N–H and O–H groups in total. The van der Waals surface area contributed by atoms with Gasteiger partial charge < -0.3 is 9.67 Å². The molecule has 1 aliphatic carbocycles. The summed E-state index contributed by atoms with van der Waals surface area (Å²) in [6.07, 6.45) is 5.63. The highest BCUT2D eigenvalue weighted by Crippen LogP contribution is 2.42. The van der Waals surface area contributed by atoms with Gasteiger partial charge in [-0.15, -0.1) is 0 Å². The summed E-state index contributed by atoms with van der Waals surface area (Å²) in [5, 5.41) is 9.13. The summed E-state index contributed by atoms with van der Waals surface area (Å²) in [6, 6.07) is 5.68. The van der Waals surface area contributed by atoms with E-state index in [1.807, 2.05) is 17.8 Å². The van der Waals surface area contributed by atoms with Crippen molar-refractivity contribution in [2.45, 2.75) is 38.1 Å². The largest absolute Gasteiger partial charge is 0.478 e. The predicted molar refractivity (Wildman–Crippen MR) is 86.4 cm³/mol. The second-order valence-electron chi connectivity index (χ2n) is 5.75. The number of benzene rings is 1. The van der Waals surface area contributed by atoms with Crippen molar-refractivity contribution >= 4 is 28.8 Å². The van der Waals surface area contributed by atoms with Crippen LogP contribution in [0.25, 0.3) is 11.0 Å². The number of hydrogen-bond acceptors (Lipinski definition) is 3. The molecule has 112 valence electrons. The quantitative estimate of drug-likeness (QED) is 0.878. The third kappa shape index (κ3) is 2.79. The molecule has 0 bridgehead atoms. The summed E-state index contributed by atoms with van der Waals surface area (Å²) >= 11 is 1.86. The fourth-order valence-corrected chi connectivity index (χ4v) is 3.34. The first-order chi connectivity index (χ1) is 10.1. The SMILES string of the molecule is CSCCC(C)n1c(C2CC2)nc2cc(C(=O)O)ccc21. The zero-order valence-corrected chi connectivity index (χ0v) is 13.2. The Kier molecular flexibility index (Phi) is 3.93. The van der Waals surface area contributed by atoms with Crippen LogP contribution in [0.2, 0.25) is 0 Å². The van der Waals surface area contributed by atoms with Crippen molar-refractivity contribution in [3.8, 4) is 0 Å². The van der Waals surface area contributed by atoms with E-state index in [2.05, 4.69) is 17.7 Å². The Morgan fingerprint density at radius 3 is 2.90 bits per heavy atom. The highest BCUT2D eigenvalue weighted by Gasteiger charge is 2.31. The average molecular weight is 304 g/mol. The summed E-state index contributed by atoms with van der Waals surface area (Å²) in [6.45, 7) is 2.23. The Balaban J connectivity index is 2.07. The maximum Gasteiger partial charge on any atom is 0.335 e. The number of nitrogens with zero attached hydrogens (tertiary/aromatic N) is 2. The Labute approximate surface area is 128 Å². The standard InChI is InChI=1S/C16H20N2O2S/c1-10(7-8-21-2)18-14-6-5-12(16(19)20)9-13(14)17-15(18)11-3-4-11/h5-6,9-11H,3-4,7-8H2,1-2H3,(H,19,20). The molecule has 0 aliphatic heterocycles. The number of rotatable bonds is 6. The van der Waals surface area contributed by atoms with Gasteiger partial charge in [-0.1, -0.05) is 0 Å². The molecule has 0 spiro atoms. The van der Waals surface area contributed by atoms with Crippen molar-refractivity contribution in [3.63, 3.8) is 0 Å². The first-order valence-corrected chi connectivity index (χ1v) is 8.75. The molecule has 2 aromatic rings. The molecule has 1 saturated carbocycles. The molecule has 1 fully saturated rings. The minimum Gasteiger partial charge on any atom is -0.478 e. The average Bonchev–Trinajstić information content (AvgIpc) is 3.24. The van der Waals surface area contributed by atoms with E-state index in [4.69, 9.17) is 10.1 Å². The van der Waals surface area contributed by atoms with Crippen molar-refractivity contribution in [3.05, 3.63) is 29.6 Å². The van der Waals surface area contributed by atoms with E-state index >= 15 is 0 Å². The Hall–Kier alpha value is -1.49. The maximum absolute atomic E-state index is 11.1. The molecule has 1 atom stereocenters. The van der Waals surface area contributed by atoms with Crippen LogP contribution in [0.5, 0.6) is 0 Å². The summed E-state index contributed by atoms with van der Waals surface area (Å²) in [7, 11) is 0. The van der Waals surface area contributed by atoms with Gasteiger partial charge >= 0.3 is 5.97 Å². The molecule has 1 aliphatic rings. The van der Waals surface area contributed by atoms with Gasteiger partial charge in [-0.3, -0.25) is 0 Å². The molecule has 0 saturated heterocycles. The van der Waals surface area contributed by atoms with Gasteiger partial charge in [0.05, 0.1) is 16.6 Å². The van der Waals surface area contributed by atoms with Crippen LogP contribution in [0.3, 0.4) is 0 Å². The van der Waals surface area contributed by atoms with Gasteiger partial charge in [-0.05, 0) is 56.4 Å². The third-order valence-electron chi connectivity index (χ3n) is 4.09. The molecule has 1 heterocycles. The van der Waals surface area contributed by atoms with Gasteiger partial charge in [0.2, 0.25) is 0 Å². The molecular weight excluding hydrogens is 284 g/mol. The lowest BCUT2D eigenvalue weighted by atomic mass is 10.2. The van der Waals surface area contributed by atoms with Crippen LogP contribution in [0.1, 0.15) is 54.3 Å². The van der Waals surface area contributed by atoms with Crippen LogP contribution < -0.4 is 0 Å². The number of thioether (sulfide) groups is 1. The minimum atomic E-state index is -0.894. The Morgan fingerprint density at radius 2 is 2.29 bits per heavy atom. The molecule has 1 aromatic heterocycles. The Bertz CT molecular complexity index is 676. The van der Waals surface area contributed by atoms with E-state index in [0.717, 1.165) is 29.0 Å². The van der Waals surface area contributed by atoms with Crippen molar-refractivity contribution in [1.29, 1.82) is 0 Å². The van der Waals surface area contributed by atoms with E-state index in [0.29, 0.717) is 17.5 Å². The summed E-state index contributed by atoms with van der Waals surface area (Å²) < 4.78 is 2.33. The molecule has 4 nitrogen and oxygen atoms in total. The fourth-order valence-electron chi connectivity index (χ4n) is 2.76. The van der Waals surface area contributed by atoms with Crippen LogP contribution in [-0.4, -0.2) is 32.6 Å². The van der Waals surface area contributed by atoms with Crippen molar-refractivity contribution in [2.24, 2.45) is 0 Å². The molecule has 21 heavy (non-hydrogen) atoms. The van der Waals surface area contributed by atoms with Crippen molar-refractivity contribution < 1.29 is 9.90 Å². The van der Waals surface area contributed by atoms with Crippen LogP contribution in [0.4, 0.5) is 0 Å². The second kappa shape index (κ2) is 5.72. The highest BCUT2D eigenvalue weighted by atomic mass is 32.2. The van der Waals surface area contributed by atoms with Gasteiger partial charge in [-0.25, -0.2) is 9.78 Å². The summed E-state index contributed by atoms with van der Waals surface area (Å²) in [5.41, 5.74) is 2.19. The summed E-state index contributed by atoms with van der Waals surface area (Å²) in [4.78, 5) is 15.9. The van der Waals surface area contributed by atoms with Crippen molar-refractivity contribution in [1.82, 2.24) is 9.55 Å². The van der Waals surface area contributed by atoms with Gasteiger partial charge in [0.1, 0.15) is 5.82 Å². The lowest BCUT2D eigenvalue weighted by molar-refractivity contribution is 0.0697. The van der Waals surface area contributed by atoms with Gasteiger partial charge in [0.25, 0.3) is 0 Å². The van der Waals surface area contributed by atoms with Crippen LogP contribution in [0, 0.1) is 0 Å².